The zero-order valence-corrected chi connectivity index (χ0v) is 14.3. The van der Waals surface area contributed by atoms with Crippen molar-refractivity contribution in [2.24, 2.45) is 11.8 Å². The van der Waals surface area contributed by atoms with Crippen molar-refractivity contribution in [2.45, 2.75) is 71.0 Å². The average Bonchev–Trinajstić information content (AvgIpc) is 2.52. The summed E-state index contributed by atoms with van der Waals surface area (Å²) in [7, 11) is 0. The molecular weight excluding hydrogens is 286 g/mol. The Morgan fingerprint density at radius 3 is 2.57 bits per heavy atom. The molecule has 0 bridgehead atoms. The highest BCUT2D eigenvalue weighted by molar-refractivity contribution is 6.18. The second-order valence-electron chi connectivity index (χ2n) is 6.83. The number of carbonyl (C=O) groups is 1. The molecule has 2 aliphatic rings. The first-order valence-electron chi connectivity index (χ1n) is 8.64. The van der Waals surface area contributed by atoms with E-state index in [1.54, 1.807) is 0 Å². The van der Waals surface area contributed by atoms with Gasteiger partial charge >= 0.3 is 0 Å². The van der Waals surface area contributed by atoms with Crippen LogP contribution in [0.25, 0.3) is 0 Å². The summed E-state index contributed by atoms with van der Waals surface area (Å²) in [6, 6.07) is 0. The Balaban J connectivity index is 1.81. The van der Waals surface area contributed by atoms with Gasteiger partial charge in [-0.2, -0.15) is 0 Å². The number of rotatable bonds is 5. The van der Waals surface area contributed by atoms with Crippen LogP contribution < -0.4 is 0 Å². The first kappa shape index (κ1) is 17.1. The van der Waals surface area contributed by atoms with Crippen LogP contribution in [0.1, 0.15) is 58.8 Å². The zero-order valence-electron chi connectivity index (χ0n) is 13.5. The maximum atomic E-state index is 12.7. The minimum Gasteiger partial charge on any atom is -0.370 e. The maximum absolute atomic E-state index is 12.7. The van der Waals surface area contributed by atoms with Crippen molar-refractivity contribution in [3.63, 3.8) is 0 Å². The van der Waals surface area contributed by atoms with Gasteiger partial charge in [-0.25, -0.2) is 0 Å². The van der Waals surface area contributed by atoms with Crippen molar-refractivity contribution in [3.05, 3.63) is 0 Å². The molecular formula is C17H30ClNO2. The molecule has 1 heterocycles. The molecule has 0 aromatic carbocycles. The topological polar surface area (TPSA) is 29.5 Å². The van der Waals surface area contributed by atoms with Crippen LogP contribution in [0, 0.1) is 11.8 Å². The van der Waals surface area contributed by atoms with E-state index in [1.165, 1.54) is 32.1 Å². The Morgan fingerprint density at radius 2 is 1.95 bits per heavy atom. The van der Waals surface area contributed by atoms with Gasteiger partial charge in [0.1, 0.15) is 0 Å². The molecule has 21 heavy (non-hydrogen) atoms. The normalized spacial score (nSPS) is 34.0. The Hall–Kier alpha value is -0.280. The zero-order chi connectivity index (χ0) is 15.2. The summed E-state index contributed by atoms with van der Waals surface area (Å²) in [5.41, 5.74) is 0. The van der Waals surface area contributed by atoms with Crippen LogP contribution in [0.15, 0.2) is 0 Å². The third kappa shape index (κ3) is 4.85. The number of unbranched alkanes of at least 4 members (excludes halogenated alkanes) is 1. The molecule has 0 spiro atoms. The number of ether oxygens (including phenoxy) is 1. The summed E-state index contributed by atoms with van der Waals surface area (Å²) in [5.74, 6) is 1.91. The minimum absolute atomic E-state index is 0.000241. The monoisotopic (exact) mass is 315 g/mol. The number of alkyl halides is 1. The van der Waals surface area contributed by atoms with Crippen LogP contribution in [-0.4, -0.2) is 42.0 Å². The molecule has 1 aliphatic heterocycles. The summed E-state index contributed by atoms with van der Waals surface area (Å²) in [6.45, 7) is 5.67. The van der Waals surface area contributed by atoms with Gasteiger partial charge in [-0.3, -0.25) is 4.79 Å². The lowest BCUT2D eigenvalue weighted by molar-refractivity contribution is -0.148. The Bertz CT molecular complexity index is 329. The summed E-state index contributed by atoms with van der Waals surface area (Å²) in [4.78, 5) is 14.7. The number of hydrogen-bond acceptors (Lipinski definition) is 2. The van der Waals surface area contributed by atoms with E-state index >= 15 is 0 Å². The third-order valence-electron chi connectivity index (χ3n) is 4.97. The van der Waals surface area contributed by atoms with Gasteiger partial charge in [-0.05, 0) is 38.5 Å². The average molecular weight is 316 g/mol. The fourth-order valence-electron chi connectivity index (χ4n) is 3.76. The molecule has 1 saturated carbocycles. The van der Waals surface area contributed by atoms with E-state index in [1.807, 2.05) is 11.8 Å². The summed E-state index contributed by atoms with van der Waals surface area (Å²) in [6.07, 6.45) is 8.68. The van der Waals surface area contributed by atoms with Gasteiger partial charge < -0.3 is 9.64 Å². The van der Waals surface area contributed by atoms with E-state index in [0.717, 1.165) is 25.3 Å². The SMILES string of the molecule is CCCCC1CCC(C(=O)N2CC(C)OC(CCl)C2)CC1. The molecule has 2 fully saturated rings. The quantitative estimate of drug-likeness (QED) is 0.721. The molecule has 0 aromatic heterocycles. The molecule has 2 unspecified atom stereocenters. The summed E-state index contributed by atoms with van der Waals surface area (Å²) >= 11 is 5.91. The summed E-state index contributed by atoms with van der Waals surface area (Å²) < 4.78 is 5.74. The van der Waals surface area contributed by atoms with Gasteiger partial charge in [0.15, 0.2) is 0 Å². The Kier molecular flexibility index (Phi) is 6.81. The van der Waals surface area contributed by atoms with Crippen molar-refractivity contribution >= 4 is 17.5 Å². The van der Waals surface area contributed by atoms with E-state index in [2.05, 4.69) is 6.92 Å². The van der Waals surface area contributed by atoms with Crippen molar-refractivity contribution < 1.29 is 9.53 Å². The molecule has 1 amide bonds. The predicted molar refractivity (Wildman–Crippen MR) is 86.6 cm³/mol. The third-order valence-corrected chi connectivity index (χ3v) is 5.32. The highest BCUT2D eigenvalue weighted by Crippen LogP contribution is 2.33. The number of morpholine rings is 1. The van der Waals surface area contributed by atoms with Gasteiger partial charge in [0, 0.05) is 19.0 Å². The number of halogens is 1. The minimum atomic E-state index is 0.000241. The van der Waals surface area contributed by atoms with E-state index in [-0.39, 0.29) is 18.1 Å². The second kappa shape index (κ2) is 8.38. The van der Waals surface area contributed by atoms with Crippen LogP contribution in [0.3, 0.4) is 0 Å². The molecule has 0 radical (unpaired) electrons. The molecule has 0 aromatic rings. The van der Waals surface area contributed by atoms with Crippen LogP contribution in [0.5, 0.6) is 0 Å². The van der Waals surface area contributed by atoms with Crippen molar-refractivity contribution in [3.8, 4) is 0 Å². The number of hydrogen-bond donors (Lipinski definition) is 0. The molecule has 1 aliphatic carbocycles. The molecule has 2 atom stereocenters. The van der Waals surface area contributed by atoms with Crippen LogP contribution in [0.2, 0.25) is 0 Å². The fourth-order valence-corrected chi connectivity index (χ4v) is 3.93. The highest BCUT2D eigenvalue weighted by atomic mass is 35.5. The molecule has 4 heteroatoms. The largest absolute Gasteiger partial charge is 0.370 e. The van der Waals surface area contributed by atoms with E-state index in [4.69, 9.17) is 16.3 Å². The lowest BCUT2D eigenvalue weighted by Gasteiger charge is -2.39. The Morgan fingerprint density at radius 1 is 1.24 bits per heavy atom. The van der Waals surface area contributed by atoms with Gasteiger partial charge in [-0.1, -0.05) is 26.2 Å². The molecule has 122 valence electrons. The smallest absolute Gasteiger partial charge is 0.225 e. The van der Waals surface area contributed by atoms with Crippen molar-refractivity contribution in [2.75, 3.05) is 19.0 Å². The molecule has 2 rings (SSSR count). The predicted octanol–water partition coefficient (Wildman–Crippen LogP) is 3.84. The first-order valence-corrected chi connectivity index (χ1v) is 9.17. The maximum Gasteiger partial charge on any atom is 0.225 e. The van der Waals surface area contributed by atoms with Gasteiger partial charge in [0.25, 0.3) is 0 Å². The number of nitrogens with zero attached hydrogens (tertiary/aromatic N) is 1. The molecule has 1 saturated heterocycles. The number of carbonyl (C=O) groups excluding carboxylic acids is 1. The number of amides is 1. The van der Waals surface area contributed by atoms with Gasteiger partial charge in [-0.15, -0.1) is 11.6 Å². The lowest BCUT2D eigenvalue weighted by atomic mass is 9.79. The Labute approximate surface area is 134 Å². The van der Waals surface area contributed by atoms with Crippen molar-refractivity contribution in [1.29, 1.82) is 0 Å². The van der Waals surface area contributed by atoms with Crippen molar-refractivity contribution in [1.82, 2.24) is 4.90 Å². The lowest BCUT2D eigenvalue weighted by Crippen LogP contribution is -2.51. The molecule has 0 N–H and O–H groups in total. The standard InChI is InChI=1S/C17H30ClNO2/c1-3-4-5-14-6-8-15(9-7-14)17(20)19-11-13(2)21-16(10-18)12-19/h13-16H,3-12H2,1-2H3. The highest BCUT2D eigenvalue weighted by Gasteiger charge is 2.33. The van der Waals surface area contributed by atoms with Gasteiger partial charge in [0.05, 0.1) is 18.1 Å². The van der Waals surface area contributed by atoms with Crippen LogP contribution in [-0.2, 0) is 9.53 Å². The molecule has 3 nitrogen and oxygen atoms in total. The van der Waals surface area contributed by atoms with Gasteiger partial charge in [0.2, 0.25) is 5.91 Å². The van der Waals surface area contributed by atoms with Crippen LogP contribution >= 0.6 is 11.6 Å². The van der Waals surface area contributed by atoms with Crippen LogP contribution in [0.4, 0.5) is 0 Å². The van der Waals surface area contributed by atoms with E-state index in [9.17, 15) is 4.79 Å². The fraction of sp³-hybridized carbons (Fsp3) is 0.941. The summed E-state index contributed by atoms with van der Waals surface area (Å²) in [5, 5.41) is 0. The second-order valence-corrected chi connectivity index (χ2v) is 7.13. The first-order chi connectivity index (χ1) is 10.1. The van der Waals surface area contributed by atoms with E-state index < -0.39 is 0 Å². The van der Waals surface area contributed by atoms with E-state index in [0.29, 0.717) is 18.3 Å².